The van der Waals surface area contributed by atoms with Crippen LogP contribution in [0, 0.1) is 12.7 Å². The number of carbonyl (C=O) groups is 1. The minimum absolute atomic E-state index is 0.176. The van der Waals surface area contributed by atoms with E-state index < -0.39 is 11.7 Å². The summed E-state index contributed by atoms with van der Waals surface area (Å²) in [4.78, 5) is 12.2. The van der Waals surface area contributed by atoms with Crippen LogP contribution in [-0.4, -0.2) is 12.5 Å². The van der Waals surface area contributed by atoms with E-state index in [1.165, 1.54) is 12.1 Å². The first-order valence-corrected chi connectivity index (χ1v) is 6.61. The number of carbonyl (C=O) groups excluding carboxylic acids is 1. The van der Waals surface area contributed by atoms with Gasteiger partial charge < -0.3 is 15.8 Å². The molecule has 2 rings (SSSR count). The van der Waals surface area contributed by atoms with Gasteiger partial charge in [0.2, 0.25) is 0 Å². The van der Waals surface area contributed by atoms with Gasteiger partial charge in [-0.1, -0.05) is 12.1 Å². The van der Waals surface area contributed by atoms with Crippen molar-refractivity contribution in [1.29, 1.82) is 0 Å². The molecule has 2 aromatic rings. The van der Waals surface area contributed by atoms with Gasteiger partial charge >= 0.3 is 0 Å². The van der Waals surface area contributed by atoms with E-state index >= 15 is 0 Å². The van der Waals surface area contributed by atoms with Gasteiger partial charge in [0.25, 0.3) is 5.91 Å². The molecule has 0 aliphatic rings. The maximum absolute atomic E-state index is 13.7. The Hall–Kier alpha value is -2.56. The molecule has 0 aliphatic heterocycles. The number of halogens is 1. The first-order chi connectivity index (χ1) is 10.0. The van der Waals surface area contributed by atoms with Gasteiger partial charge in [0.15, 0.2) is 0 Å². The molecule has 0 bridgehead atoms. The van der Waals surface area contributed by atoms with E-state index in [1.54, 1.807) is 31.2 Å². The lowest BCUT2D eigenvalue weighted by Crippen LogP contribution is -2.14. The molecule has 21 heavy (non-hydrogen) atoms. The summed E-state index contributed by atoms with van der Waals surface area (Å²) in [7, 11) is 0. The van der Waals surface area contributed by atoms with Gasteiger partial charge in [-0.2, -0.15) is 0 Å². The molecule has 0 aliphatic carbocycles. The number of nitrogen functional groups attached to an aromatic ring is 1. The summed E-state index contributed by atoms with van der Waals surface area (Å²) < 4.78 is 19.0. The highest BCUT2D eigenvalue weighted by atomic mass is 19.1. The molecule has 0 heterocycles. The Morgan fingerprint density at radius 3 is 2.71 bits per heavy atom. The number of nitrogens with two attached hydrogens (primary N) is 1. The van der Waals surface area contributed by atoms with E-state index in [0.29, 0.717) is 29.2 Å². The first-order valence-electron chi connectivity index (χ1n) is 6.61. The molecule has 0 unspecified atom stereocenters. The standard InChI is InChI=1S/C16H17FN2O2/c1-3-21-14-8-7-11(9-13(14)18)16(20)19-15-10(2)5-4-6-12(15)17/h4-9H,3,18H2,1-2H3,(H,19,20). The number of hydrogen-bond acceptors (Lipinski definition) is 3. The number of aryl methyl sites for hydroxylation is 1. The lowest BCUT2D eigenvalue weighted by Gasteiger charge is -2.11. The van der Waals surface area contributed by atoms with Gasteiger partial charge in [-0.15, -0.1) is 0 Å². The van der Waals surface area contributed by atoms with E-state index in [0.717, 1.165) is 0 Å². The van der Waals surface area contributed by atoms with Crippen molar-refractivity contribution in [1.82, 2.24) is 0 Å². The van der Waals surface area contributed by atoms with Gasteiger partial charge in [-0.3, -0.25) is 4.79 Å². The van der Waals surface area contributed by atoms with E-state index in [9.17, 15) is 9.18 Å². The molecule has 2 aromatic carbocycles. The van der Waals surface area contributed by atoms with Crippen LogP contribution >= 0.6 is 0 Å². The molecule has 0 fully saturated rings. The third-order valence-electron chi connectivity index (χ3n) is 3.03. The summed E-state index contributed by atoms with van der Waals surface area (Å²) in [5.74, 6) is -0.365. The predicted molar refractivity (Wildman–Crippen MR) is 81.1 cm³/mol. The van der Waals surface area contributed by atoms with Crippen molar-refractivity contribution >= 4 is 17.3 Å². The Kier molecular flexibility index (Phi) is 4.42. The van der Waals surface area contributed by atoms with Crippen LogP contribution in [0.4, 0.5) is 15.8 Å². The number of anilines is 2. The molecule has 0 radical (unpaired) electrons. The highest BCUT2D eigenvalue weighted by Crippen LogP contribution is 2.24. The summed E-state index contributed by atoms with van der Waals surface area (Å²) in [5, 5.41) is 2.56. The lowest BCUT2D eigenvalue weighted by atomic mass is 10.1. The first kappa shape index (κ1) is 14.8. The highest BCUT2D eigenvalue weighted by molar-refractivity contribution is 6.05. The summed E-state index contributed by atoms with van der Waals surface area (Å²) in [6.07, 6.45) is 0. The maximum Gasteiger partial charge on any atom is 0.255 e. The summed E-state index contributed by atoms with van der Waals surface area (Å²) >= 11 is 0. The van der Waals surface area contributed by atoms with Crippen molar-refractivity contribution in [2.75, 3.05) is 17.7 Å². The normalized spacial score (nSPS) is 10.2. The van der Waals surface area contributed by atoms with Crippen molar-refractivity contribution in [3.8, 4) is 5.75 Å². The summed E-state index contributed by atoms with van der Waals surface area (Å²) in [5.41, 5.74) is 7.37. The third kappa shape index (κ3) is 3.31. The summed E-state index contributed by atoms with van der Waals surface area (Å²) in [6.45, 7) is 4.07. The van der Waals surface area contributed by atoms with Crippen LogP contribution in [0.5, 0.6) is 5.75 Å². The average Bonchev–Trinajstić information content (AvgIpc) is 2.45. The van der Waals surface area contributed by atoms with Crippen molar-refractivity contribution in [2.24, 2.45) is 0 Å². The summed E-state index contributed by atoms with van der Waals surface area (Å²) in [6, 6.07) is 9.35. The minimum Gasteiger partial charge on any atom is -0.492 e. The fraction of sp³-hybridized carbons (Fsp3) is 0.188. The van der Waals surface area contributed by atoms with Crippen molar-refractivity contribution in [3.05, 3.63) is 53.3 Å². The van der Waals surface area contributed by atoms with Crippen LogP contribution < -0.4 is 15.8 Å². The van der Waals surface area contributed by atoms with Crippen molar-refractivity contribution in [3.63, 3.8) is 0 Å². The van der Waals surface area contributed by atoms with Gasteiger partial charge in [0, 0.05) is 5.56 Å². The van der Waals surface area contributed by atoms with Crippen LogP contribution in [0.1, 0.15) is 22.8 Å². The second kappa shape index (κ2) is 6.26. The third-order valence-corrected chi connectivity index (χ3v) is 3.03. The van der Waals surface area contributed by atoms with Crippen molar-refractivity contribution < 1.29 is 13.9 Å². The molecule has 0 atom stereocenters. The zero-order chi connectivity index (χ0) is 15.4. The molecular formula is C16H17FN2O2. The second-order valence-corrected chi connectivity index (χ2v) is 4.57. The molecule has 110 valence electrons. The largest absolute Gasteiger partial charge is 0.492 e. The van der Waals surface area contributed by atoms with Crippen LogP contribution in [-0.2, 0) is 0 Å². The Morgan fingerprint density at radius 2 is 2.10 bits per heavy atom. The molecule has 0 saturated heterocycles. The van der Waals surface area contributed by atoms with E-state index in [1.807, 2.05) is 6.92 Å². The SMILES string of the molecule is CCOc1ccc(C(=O)Nc2c(C)cccc2F)cc1N. The number of hydrogen-bond donors (Lipinski definition) is 2. The second-order valence-electron chi connectivity index (χ2n) is 4.57. The van der Waals surface area contributed by atoms with Crippen molar-refractivity contribution in [2.45, 2.75) is 13.8 Å². The topological polar surface area (TPSA) is 64.3 Å². The minimum atomic E-state index is -0.470. The predicted octanol–water partition coefficient (Wildman–Crippen LogP) is 3.37. The fourth-order valence-corrected chi connectivity index (χ4v) is 1.95. The molecule has 3 N–H and O–H groups in total. The van der Waals surface area contributed by atoms with Crippen LogP contribution in [0.2, 0.25) is 0 Å². The molecule has 4 nitrogen and oxygen atoms in total. The number of ether oxygens (including phenoxy) is 1. The van der Waals surface area contributed by atoms with E-state index in [4.69, 9.17) is 10.5 Å². The molecule has 5 heteroatoms. The van der Waals surface area contributed by atoms with Crippen LogP contribution in [0.25, 0.3) is 0 Å². The Morgan fingerprint density at radius 1 is 1.33 bits per heavy atom. The van der Waals surface area contributed by atoms with Crippen LogP contribution in [0.3, 0.4) is 0 Å². The Bertz CT molecular complexity index is 651. The fourth-order valence-electron chi connectivity index (χ4n) is 1.95. The van der Waals surface area contributed by atoms with Gasteiger partial charge in [0.1, 0.15) is 11.6 Å². The van der Waals surface area contributed by atoms with Gasteiger partial charge in [0.05, 0.1) is 18.0 Å². The Balaban J connectivity index is 2.23. The maximum atomic E-state index is 13.7. The number of nitrogens with one attached hydrogen (secondary N) is 1. The zero-order valence-corrected chi connectivity index (χ0v) is 11.9. The molecule has 1 amide bonds. The molecule has 0 saturated carbocycles. The lowest BCUT2D eigenvalue weighted by molar-refractivity contribution is 0.102. The number of rotatable bonds is 4. The highest BCUT2D eigenvalue weighted by Gasteiger charge is 2.12. The molecular weight excluding hydrogens is 271 g/mol. The van der Waals surface area contributed by atoms with E-state index in [-0.39, 0.29) is 5.69 Å². The van der Waals surface area contributed by atoms with Gasteiger partial charge in [-0.25, -0.2) is 4.39 Å². The quantitative estimate of drug-likeness (QED) is 0.848. The van der Waals surface area contributed by atoms with Gasteiger partial charge in [-0.05, 0) is 43.7 Å². The number of benzene rings is 2. The molecule has 0 spiro atoms. The molecule has 0 aromatic heterocycles. The number of amides is 1. The smallest absolute Gasteiger partial charge is 0.255 e. The average molecular weight is 288 g/mol. The van der Waals surface area contributed by atoms with E-state index in [2.05, 4.69) is 5.32 Å². The monoisotopic (exact) mass is 288 g/mol. The number of para-hydroxylation sites is 1. The van der Waals surface area contributed by atoms with Crippen LogP contribution in [0.15, 0.2) is 36.4 Å². The zero-order valence-electron chi connectivity index (χ0n) is 11.9. The Labute approximate surface area is 122 Å².